The van der Waals surface area contributed by atoms with Gasteiger partial charge >= 0.3 is 6.16 Å². The fourth-order valence-electron chi connectivity index (χ4n) is 1.36. The van der Waals surface area contributed by atoms with E-state index in [2.05, 4.69) is 9.64 Å². The standard InChI is InChI=1S/C7H13NO3/c1-8-4-2-3-6(5-8)11-7(9)10/h6H,2-5H2,1H3,(H,9,10)/t6-/m1/s1. The molecule has 1 N–H and O–H groups in total. The average molecular weight is 159 g/mol. The minimum absolute atomic E-state index is 0.119. The van der Waals surface area contributed by atoms with Gasteiger partial charge in [0.25, 0.3) is 0 Å². The van der Waals surface area contributed by atoms with Crippen LogP contribution in [0, 0.1) is 0 Å². The van der Waals surface area contributed by atoms with Crippen LogP contribution in [-0.2, 0) is 4.74 Å². The summed E-state index contributed by atoms with van der Waals surface area (Å²) in [5.41, 5.74) is 0. The number of likely N-dealkylation sites (tertiary alicyclic amines) is 1. The Hall–Kier alpha value is -0.770. The second kappa shape index (κ2) is 3.57. The summed E-state index contributed by atoms with van der Waals surface area (Å²) in [6, 6.07) is 0. The van der Waals surface area contributed by atoms with Gasteiger partial charge in [-0.25, -0.2) is 4.79 Å². The van der Waals surface area contributed by atoms with Crippen molar-refractivity contribution in [2.24, 2.45) is 0 Å². The van der Waals surface area contributed by atoms with Crippen LogP contribution in [0.2, 0.25) is 0 Å². The van der Waals surface area contributed by atoms with Gasteiger partial charge in [-0.3, -0.25) is 0 Å². The van der Waals surface area contributed by atoms with Gasteiger partial charge in [-0.15, -0.1) is 0 Å². The zero-order valence-corrected chi connectivity index (χ0v) is 6.62. The molecule has 0 saturated carbocycles. The molecular formula is C7H13NO3. The van der Waals surface area contributed by atoms with E-state index in [-0.39, 0.29) is 6.10 Å². The van der Waals surface area contributed by atoms with Gasteiger partial charge in [-0.05, 0) is 26.4 Å². The van der Waals surface area contributed by atoms with E-state index in [4.69, 9.17) is 5.11 Å². The first-order chi connectivity index (χ1) is 5.18. The van der Waals surface area contributed by atoms with E-state index in [1.807, 2.05) is 7.05 Å². The summed E-state index contributed by atoms with van der Waals surface area (Å²) in [4.78, 5) is 12.2. The molecule has 0 radical (unpaired) electrons. The SMILES string of the molecule is CN1CCC[C@@H](OC(=O)O)C1. The molecule has 11 heavy (non-hydrogen) atoms. The highest BCUT2D eigenvalue weighted by Crippen LogP contribution is 2.11. The molecule has 1 fully saturated rings. The van der Waals surface area contributed by atoms with Crippen molar-refractivity contribution in [1.82, 2.24) is 4.90 Å². The molecule has 1 aliphatic heterocycles. The van der Waals surface area contributed by atoms with Crippen molar-refractivity contribution in [2.75, 3.05) is 20.1 Å². The van der Waals surface area contributed by atoms with Gasteiger partial charge in [0.2, 0.25) is 0 Å². The Bertz CT molecular complexity index is 149. The Morgan fingerprint density at radius 2 is 2.45 bits per heavy atom. The number of likely N-dealkylation sites (N-methyl/N-ethyl adjacent to an activating group) is 1. The molecule has 0 bridgehead atoms. The van der Waals surface area contributed by atoms with Gasteiger partial charge in [0.1, 0.15) is 6.10 Å². The summed E-state index contributed by atoms with van der Waals surface area (Å²) in [7, 11) is 1.97. The Kier molecular flexibility index (Phi) is 2.70. The largest absolute Gasteiger partial charge is 0.506 e. The van der Waals surface area contributed by atoms with Crippen molar-refractivity contribution < 1.29 is 14.6 Å². The quantitative estimate of drug-likeness (QED) is 0.574. The third-order valence-corrected chi connectivity index (χ3v) is 1.85. The lowest BCUT2D eigenvalue weighted by Gasteiger charge is -2.28. The van der Waals surface area contributed by atoms with Gasteiger partial charge in [0, 0.05) is 6.54 Å². The molecule has 1 aliphatic rings. The van der Waals surface area contributed by atoms with E-state index in [1.165, 1.54) is 0 Å². The first kappa shape index (κ1) is 8.33. The van der Waals surface area contributed by atoms with Gasteiger partial charge in [0.15, 0.2) is 0 Å². The molecule has 0 aromatic heterocycles. The third kappa shape index (κ3) is 2.76. The fraction of sp³-hybridized carbons (Fsp3) is 0.857. The van der Waals surface area contributed by atoms with E-state index < -0.39 is 6.16 Å². The number of ether oxygens (including phenoxy) is 1. The van der Waals surface area contributed by atoms with E-state index in [9.17, 15) is 4.79 Å². The molecule has 0 unspecified atom stereocenters. The number of rotatable bonds is 1. The van der Waals surface area contributed by atoms with Crippen LogP contribution in [0.3, 0.4) is 0 Å². The molecule has 1 heterocycles. The Balaban J connectivity index is 2.28. The second-order valence-electron chi connectivity index (χ2n) is 2.91. The second-order valence-corrected chi connectivity index (χ2v) is 2.91. The molecule has 4 nitrogen and oxygen atoms in total. The van der Waals surface area contributed by atoms with Crippen molar-refractivity contribution in [3.63, 3.8) is 0 Å². The maximum atomic E-state index is 10.1. The molecule has 0 aromatic rings. The maximum absolute atomic E-state index is 10.1. The zero-order chi connectivity index (χ0) is 8.27. The lowest BCUT2D eigenvalue weighted by molar-refractivity contribution is 0.0193. The van der Waals surface area contributed by atoms with Crippen LogP contribution < -0.4 is 0 Å². The number of carbonyl (C=O) groups is 1. The van der Waals surface area contributed by atoms with Gasteiger partial charge in [-0.1, -0.05) is 0 Å². The molecule has 1 saturated heterocycles. The number of hydrogen-bond donors (Lipinski definition) is 1. The van der Waals surface area contributed by atoms with Crippen LogP contribution in [-0.4, -0.2) is 42.4 Å². The molecule has 64 valence electrons. The van der Waals surface area contributed by atoms with Gasteiger partial charge < -0.3 is 14.7 Å². The number of hydrogen-bond acceptors (Lipinski definition) is 3. The zero-order valence-electron chi connectivity index (χ0n) is 6.62. The van der Waals surface area contributed by atoms with Crippen LogP contribution in [0.15, 0.2) is 0 Å². The van der Waals surface area contributed by atoms with Crippen LogP contribution in [0.1, 0.15) is 12.8 Å². The van der Waals surface area contributed by atoms with E-state index in [0.29, 0.717) is 0 Å². The Morgan fingerprint density at radius 3 is 3.00 bits per heavy atom. The van der Waals surface area contributed by atoms with Crippen LogP contribution in [0.4, 0.5) is 4.79 Å². The minimum Gasteiger partial charge on any atom is -0.450 e. The maximum Gasteiger partial charge on any atom is 0.506 e. The summed E-state index contributed by atoms with van der Waals surface area (Å²) >= 11 is 0. The smallest absolute Gasteiger partial charge is 0.450 e. The molecule has 1 atom stereocenters. The predicted molar refractivity (Wildman–Crippen MR) is 39.6 cm³/mol. The highest BCUT2D eigenvalue weighted by molar-refractivity contribution is 5.57. The van der Waals surface area contributed by atoms with Crippen LogP contribution in [0.5, 0.6) is 0 Å². The van der Waals surface area contributed by atoms with Crippen molar-refractivity contribution in [3.05, 3.63) is 0 Å². The highest BCUT2D eigenvalue weighted by atomic mass is 16.7. The molecule has 4 heteroatoms. The van der Waals surface area contributed by atoms with Crippen molar-refractivity contribution in [1.29, 1.82) is 0 Å². The van der Waals surface area contributed by atoms with E-state index in [0.717, 1.165) is 25.9 Å². The van der Waals surface area contributed by atoms with Crippen molar-refractivity contribution in [3.8, 4) is 0 Å². The fourth-order valence-corrected chi connectivity index (χ4v) is 1.36. The van der Waals surface area contributed by atoms with E-state index >= 15 is 0 Å². The highest BCUT2D eigenvalue weighted by Gasteiger charge is 2.19. The molecular weight excluding hydrogens is 146 g/mol. The Labute approximate surface area is 65.8 Å². The molecule has 0 aliphatic carbocycles. The summed E-state index contributed by atoms with van der Waals surface area (Å²) in [5, 5.41) is 8.31. The van der Waals surface area contributed by atoms with Crippen LogP contribution >= 0.6 is 0 Å². The first-order valence-corrected chi connectivity index (χ1v) is 3.76. The lowest BCUT2D eigenvalue weighted by Crippen LogP contribution is -2.37. The van der Waals surface area contributed by atoms with E-state index in [1.54, 1.807) is 0 Å². The van der Waals surface area contributed by atoms with Crippen LogP contribution in [0.25, 0.3) is 0 Å². The average Bonchev–Trinajstić information content (AvgIpc) is 1.85. The normalized spacial score (nSPS) is 26.5. The molecule has 0 spiro atoms. The van der Waals surface area contributed by atoms with Gasteiger partial charge in [-0.2, -0.15) is 0 Å². The predicted octanol–water partition coefficient (Wildman–Crippen LogP) is 0.775. The monoisotopic (exact) mass is 159 g/mol. The number of nitrogens with zero attached hydrogens (tertiary/aromatic N) is 1. The Morgan fingerprint density at radius 1 is 1.73 bits per heavy atom. The molecule has 0 aromatic carbocycles. The summed E-state index contributed by atoms with van der Waals surface area (Å²) < 4.78 is 4.64. The molecule has 0 amide bonds. The minimum atomic E-state index is -1.16. The summed E-state index contributed by atoms with van der Waals surface area (Å²) in [6.45, 7) is 1.77. The third-order valence-electron chi connectivity index (χ3n) is 1.85. The summed E-state index contributed by atoms with van der Waals surface area (Å²) in [5.74, 6) is 0. The van der Waals surface area contributed by atoms with Crippen molar-refractivity contribution in [2.45, 2.75) is 18.9 Å². The first-order valence-electron chi connectivity index (χ1n) is 3.76. The topological polar surface area (TPSA) is 49.8 Å². The summed E-state index contributed by atoms with van der Waals surface area (Å²) in [6.07, 6.45) is 0.599. The lowest BCUT2D eigenvalue weighted by atomic mass is 10.1. The number of carboxylic acid groups (broad SMARTS) is 1. The van der Waals surface area contributed by atoms with Gasteiger partial charge in [0.05, 0.1) is 0 Å². The van der Waals surface area contributed by atoms with Crippen molar-refractivity contribution >= 4 is 6.16 Å². The number of piperidine rings is 1. The molecule has 1 rings (SSSR count).